The van der Waals surface area contributed by atoms with Crippen molar-refractivity contribution in [1.29, 1.82) is 0 Å². The first-order valence-electron chi connectivity index (χ1n) is 5.69. The molecule has 0 radical (unpaired) electrons. The molecule has 0 saturated heterocycles. The summed E-state index contributed by atoms with van der Waals surface area (Å²) >= 11 is 0. The van der Waals surface area contributed by atoms with Crippen LogP contribution in [0.1, 0.15) is 39.5 Å². The van der Waals surface area contributed by atoms with Gasteiger partial charge in [-0.3, -0.25) is 4.79 Å². The zero-order valence-corrected chi connectivity index (χ0v) is 10.6. The maximum absolute atomic E-state index is 11.4. The van der Waals surface area contributed by atoms with Gasteiger partial charge in [-0.25, -0.2) is 13.1 Å². The number of sulfonamides is 1. The van der Waals surface area contributed by atoms with E-state index in [9.17, 15) is 13.2 Å². The highest BCUT2D eigenvalue weighted by molar-refractivity contribution is 7.90. The summed E-state index contributed by atoms with van der Waals surface area (Å²) in [6, 6.07) is 0.375. The van der Waals surface area contributed by atoms with Crippen molar-refractivity contribution < 1.29 is 13.2 Å². The molecule has 0 spiro atoms. The molecular weight excluding hydrogens is 228 g/mol. The molecule has 0 bridgehead atoms. The Balaban J connectivity index is 2.08. The molecule has 5 nitrogen and oxygen atoms in total. The zero-order valence-electron chi connectivity index (χ0n) is 9.82. The summed E-state index contributed by atoms with van der Waals surface area (Å²) in [6.07, 6.45) is 3.08. The van der Waals surface area contributed by atoms with Crippen molar-refractivity contribution in [3.8, 4) is 0 Å². The third-order valence-electron chi connectivity index (χ3n) is 2.45. The van der Waals surface area contributed by atoms with Crippen LogP contribution >= 0.6 is 0 Å². The smallest absolute Gasteiger partial charge is 0.220 e. The molecule has 94 valence electrons. The molecule has 16 heavy (non-hydrogen) atoms. The van der Waals surface area contributed by atoms with E-state index in [-0.39, 0.29) is 5.91 Å². The second-order valence-corrected chi connectivity index (χ2v) is 6.75. The van der Waals surface area contributed by atoms with Gasteiger partial charge in [-0.2, -0.15) is 0 Å². The van der Waals surface area contributed by atoms with E-state index in [0.717, 1.165) is 12.8 Å². The topological polar surface area (TPSA) is 75.3 Å². The van der Waals surface area contributed by atoms with E-state index >= 15 is 0 Å². The summed E-state index contributed by atoms with van der Waals surface area (Å²) in [7, 11) is -3.19. The predicted molar refractivity (Wildman–Crippen MR) is 62.5 cm³/mol. The number of nitrogens with one attached hydrogen (secondary N) is 2. The summed E-state index contributed by atoms with van der Waals surface area (Å²) < 4.78 is 25.2. The molecule has 2 N–H and O–H groups in total. The summed E-state index contributed by atoms with van der Waals surface area (Å²) in [5.74, 6) is 0.0197. The Morgan fingerprint density at radius 3 is 2.50 bits per heavy atom. The molecule has 0 aromatic heterocycles. The van der Waals surface area contributed by atoms with Crippen LogP contribution in [0, 0.1) is 0 Å². The van der Waals surface area contributed by atoms with Gasteiger partial charge in [0, 0.05) is 19.0 Å². The van der Waals surface area contributed by atoms with Crippen LogP contribution in [0.4, 0.5) is 0 Å². The van der Waals surface area contributed by atoms with E-state index in [4.69, 9.17) is 0 Å². The van der Waals surface area contributed by atoms with Crippen molar-refractivity contribution in [3.63, 3.8) is 0 Å². The van der Waals surface area contributed by atoms with Crippen LogP contribution in [-0.4, -0.2) is 32.2 Å². The van der Waals surface area contributed by atoms with E-state index in [2.05, 4.69) is 10.0 Å². The van der Waals surface area contributed by atoms with E-state index in [1.807, 2.05) is 0 Å². The third kappa shape index (κ3) is 4.94. The summed E-state index contributed by atoms with van der Waals surface area (Å²) in [4.78, 5) is 11.3. The second-order valence-electron chi connectivity index (χ2n) is 4.43. The maximum Gasteiger partial charge on any atom is 0.220 e. The number of carbonyl (C=O) groups excluding carboxylic acids is 1. The lowest BCUT2D eigenvalue weighted by molar-refractivity contribution is -0.121. The van der Waals surface area contributed by atoms with Gasteiger partial charge in [0.25, 0.3) is 0 Å². The van der Waals surface area contributed by atoms with Gasteiger partial charge in [-0.05, 0) is 33.1 Å². The largest absolute Gasteiger partial charge is 0.353 e. The average molecular weight is 248 g/mol. The van der Waals surface area contributed by atoms with Gasteiger partial charge >= 0.3 is 0 Å². The number of amides is 1. The summed E-state index contributed by atoms with van der Waals surface area (Å²) in [5.41, 5.74) is 0. The van der Waals surface area contributed by atoms with Crippen LogP contribution in [-0.2, 0) is 14.8 Å². The fraction of sp³-hybridized carbons (Fsp3) is 0.900. The first kappa shape index (κ1) is 13.4. The van der Waals surface area contributed by atoms with Crippen molar-refractivity contribution in [2.24, 2.45) is 0 Å². The van der Waals surface area contributed by atoms with E-state index in [0.29, 0.717) is 25.4 Å². The number of rotatable bonds is 7. The fourth-order valence-electron chi connectivity index (χ4n) is 1.16. The molecule has 1 saturated carbocycles. The van der Waals surface area contributed by atoms with Gasteiger partial charge in [-0.15, -0.1) is 0 Å². The second kappa shape index (κ2) is 5.63. The van der Waals surface area contributed by atoms with Crippen LogP contribution in [0.3, 0.4) is 0 Å². The van der Waals surface area contributed by atoms with Crippen molar-refractivity contribution in [2.75, 3.05) is 6.54 Å². The molecule has 0 heterocycles. The Kier molecular flexibility index (Phi) is 4.73. The van der Waals surface area contributed by atoms with Gasteiger partial charge in [0.15, 0.2) is 0 Å². The summed E-state index contributed by atoms with van der Waals surface area (Å²) in [6.45, 7) is 3.59. The molecule has 1 fully saturated rings. The quantitative estimate of drug-likeness (QED) is 0.639. The molecule has 0 aromatic carbocycles. The van der Waals surface area contributed by atoms with Crippen LogP contribution in [0.2, 0.25) is 0 Å². The van der Waals surface area contributed by atoms with Crippen LogP contribution < -0.4 is 10.0 Å². The Hall–Kier alpha value is -0.620. The van der Waals surface area contributed by atoms with Gasteiger partial charge in [0.05, 0.1) is 5.25 Å². The lowest BCUT2D eigenvalue weighted by atomic mass is 10.3. The van der Waals surface area contributed by atoms with Crippen molar-refractivity contribution >= 4 is 15.9 Å². The molecule has 0 aliphatic heterocycles. The van der Waals surface area contributed by atoms with Gasteiger partial charge in [0.2, 0.25) is 15.9 Å². The Morgan fingerprint density at radius 2 is 2.00 bits per heavy atom. The molecule has 1 amide bonds. The molecule has 0 unspecified atom stereocenters. The first-order valence-corrected chi connectivity index (χ1v) is 7.24. The lowest BCUT2D eigenvalue weighted by Gasteiger charge is -2.09. The van der Waals surface area contributed by atoms with E-state index in [1.165, 1.54) is 0 Å². The molecule has 1 aliphatic rings. The minimum Gasteiger partial charge on any atom is -0.353 e. The minimum absolute atomic E-state index is 0.0197. The van der Waals surface area contributed by atoms with Gasteiger partial charge in [0.1, 0.15) is 0 Å². The molecule has 1 rings (SSSR count). The van der Waals surface area contributed by atoms with Crippen molar-refractivity contribution in [1.82, 2.24) is 10.0 Å². The van der Waals surface area contributed by atoms with E-state index in [1.54, 1.807) is 13.8 Å². The number of carbonyl (C=O) groups is 1. The molecule has 0 atom stereocenters. The third-order valence-corrected chi connectivity index (χ3v) is 4.29. The Bertz CT molecular complexity index is 334. The van der Waals surface area contributed by atoms with Crippen LogP contribution in [0.25, 0.3) is 0 Å². The van der Waals surface area contributed by atoms with Crippen LogP contribution in [0.5, 0.6) is 0 Å². The highest BCUT2D eigenvalue weighted by atomic mass is 32.2. The molecular formula is C10H20N2O3S. The van der Waals surface area contributed by atoms with Gasteiger partial charge in [-0.1, -0.05) is 0 Å². The van der Waals surface area contributed by atoms with Crippen molar-refractivity contribution in [3.05, 3.63) is 0 Å². The standard InChI is InChI=1S/C10H20N2O3S/c1-8(2)16(14,15)11-7-3-4-10(13)12-9-5-6-9/h8-9,11H,3-7H2,1-2H3,(H,12,13). The Labute approximate surface area is 97.0 Å². The highest BCUT2D eigenvalue weighted by Gasteiger charge is 2.22. The lowest BCUT2D eigenvalue weighted by Crippen LogP contribution is -2.32. The minimum atomic E-state index is -3.19. The monoisotopic (exact) mass is 248 g/mol. The maximum atomic E-state index is 11.4. The average Bonchev–Trinajstić information content (AvgIpc) is 2.96. The molecule has 0 aromatic rings. The molecule has 6 heteroatoms. The van der Waals surface area contributed by atoms with Crippen LogP contribution in [0.15, 0.2) is 0 Å². The van der Waals surface area contributed by atoms with Crippen molar-refractivity contribution in [2.45, 2.75) is 50.8 Å². The summed E-state index contributed by atoms with van der Waals surface area (Å²) in [5, 5.41) is 2.43. The zero-order chi connectivity index (χ0) is 12.2. The predicted octanol–water partition coefficient (Wildman–Crippen LogP) is 0.373. The highest BCUT2D eigenvalue weighted by Crippen LogP contribution is 2.18. The molecule has 1 aliphatic carbocycles. The number of hydrogen-bond acceptors (Lipinski definition) is 3. The normalized spacial score (nSPS) is 16.4. The first-order chi connectivity index (χ1) is 7.42. The van der Waals surface area contributed by atoms with Gasteiger partial charge < -0.3 is 5.32 Å². The SMILES string of the molecule is CC(C)S(=O)(=O)NCCCC(=O)NC1CC1. The number of hydrogen-bond donors (Lipinski definition) is 2. The Morgan fingerprint density at radius 1 is 1.38 bits per heavy atom. The fourth-order valence-corrected chi connectivity index (χ4v) is 1.92. The van der Waals surface area contributed by atoms with E-state index < -0.39 is 15.3 Å².